The van der Waals surface area contributed by atoms with E-state index >= 15 is 0 Å². The van der Waals surface area contributed by atoms with Gasteiger partial charge in [0.2, 0.25) is 0 Å². The SMILES string of the molecule is CCN1CC[C@H](C(=O)CCc2cc(F)ccc2S(=O)(=O)Nc2ccc3c(c2C(=O)OC)OC[C@@H]2C[C@H]32)C1. The van der Waals surface area contributed by atoms with Crippen LogP contribution in [0.1, 0.15) is 53.6 Å². The van der Waals surface area contributed by atoms with Crippen LogP contribution in [-0.4, -0.2) is 58.4 Å². The monoisotopic (exact) mass is 530 g/mol. The van der Waals surface area contributed by atoms with Gasteiger partial charge in [0, 0.05) is 24.8 Å². The van der Waals surface area contributed by atoms with E-state index in [1.807, 2.05) is 6.92 Å². The Morgan fingerprint density at radius 1 is 1.24 bits per heavy atom. The maximum absolute atomic E-state index is 14.1. The molecule has 8 nitrogen and oxygen atoms in total. The molecule has 0 bridgehead atoms. The first-order valence-corrected chi connectivity index (χ1v) is 14.1. The van der Waals surface area contributed by atoms with Crippen LogP contribution in [0, 0.1) is 17.7 Å². The average Bonchev–Trinajstić information content (AvgIpc) is 3.53. The molecule has 3 aliphatic rings. The van der Waals surface area contributed by atoms with Crippen molar-refractivity contribution in [3.63, 3.8) is 0 Å². The second-order valence-corrected chi connectivity index (χ2v) is 11.7. The minimum absolute atomic E-state index is 0.0227. The lowest BCUT2D eigenvalue weighted by Gasteiger charge is -2.22. The van der Waals surface area contributed by atoms with Crippen molar-refractivity contribution in [2.24, 2.45) is 11.8 Å². The van der Waals surface area contributed by atoms with E-state index in [2.05, 4.69) is 9.62 Å². The lowest BCUT2D eigenvalue weighted by molar-refractivity contribution is -0.122. The van der Waals surface area contributed by atoms with Gasteiger partial charge in [-0.3, -0.25) is 9.52 Å². The van der Waals surface area contributed by atoms with Crippen LogP contribution in [-0.2, 0) is 26.0 Å². The largest absolute Gasteiger partial charge is 0.492 e. The molecule has 2 fully saturated rings. The number of Topliss-reactive ketones (excluding diaryl/α,β-unsaturated/α-hetero) is 1. The summed E-state index contributed by atoms with van der Waals surface area (Å²) in [5, 5.41) is 0. The number of fused-ring (bicyclic) bond motifs is 3. The first kappa shape index (κ1) is 25.7. The first-order chi connectivity index (χ1) is 17.7. The molecule has 1 aliphatic carbocycles. The summed E-state index contributed by atoms with van der Waals surface area (Å²) in [5.41, 5.74) is 1.13. The number of methoxy groups -OCH3 is 1. The molecule has 198 valence electrons. The van der Waals surface area contributed by atoms with Crippen LogP contribution in [0.15, 0.2) is 35.2 Å². The van der Waals surface area contributed by atoms with Crippen molar-refractivity contribution < 1.29 is 31.9 Å². The number of aryl methyl sites for hydroxylation is 1. The van der Waals surface area contributed by atoms with Gasteiger partial charge >= 0.3 is 5.97 Å². The maximum Gasteiger partial charge on any atom is 0.343 e. The number of likely N-dealkylation sites (tertiary alicyclic amines) is 1. The average molecular weight is 531 g/mol. The predicted octanol–water partition coefficient (Wildman–Crippen LogP) is 3.75. The topological polar surface area (TPSA) is 102 Å². The first-order valence-electron chi connectivity index (χ1n) is 12.7. The molecule has 1 saturated carbocycles. The van der Waals surface area contributed by atoms with Crippen LogP contribution in [0.3, 0.4) is 0 Å². The second-order valence-electron chi connectivity index (χ2n) is 10.0. The minimum Gasteiger partial charge on any atom is -0.492 e. The van der Waals surface area contributed by atoms with Gasteiger partial charge in [-0.1, -0.05) is 13.0 Å². The van der Waals surface area contributed by atoms with E-state index < -0.39 is 21.8 Å². The van der Waals surface area contributed by atoms with Crippen molar-refractivity contribution in [3.05, 3.63) is 52.8 Å². The number of rotatable bonds is 9. The fraction of sp³-hybridized carbons (Fsp3) is 0.481. The molecule has 1 saturated heterocycles. The van der Waals surface area contributed by atoms with Crippen LogP contribution in [0.2, 0.25) is 0 Å². The molecule has 0 aromatic heterocycles. The van der Waals surface area contributed by atoms with Gasteiger partial charge in [0.15, 0.2) is 0 Å². The van der Waals surface area contributed by atoms with Gasteiger partial charge in [-0.2, -0.15) is 0 Å². The van der Waals surface area contributed by atoms with E-state index in [0.717, 1.165) is 43.6 Å². The highest BCUT2D eigenvalue weighted by atomic mass is 32.2. The van der Waals surface area contributed by atoms with Crippen LogP contribution < -0.4 is 9.46 Å². The van der Waals surface area contributed by atoms with Crippen LogP contribution in [0.4, 0.5) is 10.1 Å². The number of ketones is 1. The summed E-state index contributed by atoms with van der Waals surface area (Å²) < 4.78 is 54.4. The smallest absolute Gasteiger partial charge is 0.343 e. The Morgan fingerprint density at radius 2 is 2.05 bits per heavy atom. The van der Waals surface area contributed by atoms with Crippen LogP contribution >= 0.6 is 0 Å². The number of anilines is 1. The Balaban J connectivity index is 1.40. The molecule has 0 radical (unpaired) electrons. The van der Waals surface area contributed by atoms with Crippen molar-refractivity contribution in [3.8, 4) is 5.75 Å². The number of nitrogens with one attached hydrogen (secondary N) is 1. The van der Waals surface area contributed by atoms with Gasteiger partial charge in [-0.15, -0.1) is 0 Å². The third-order valence-corrected chi connectivity index (χ3v) is 9.18. The zero-order valence-electron chi connectivity index (χ0n) is 21.0. The molecule has 2 heterocycles. The fourth-order valence-electron chi connectivity index (χ4n) is 5.49. The molecule has 0 spiro atoms. The molecule has 2 aromatic rings. The van der Waals surface area contributed by atoms with E-state index in [1.54, 1.807) is 12.1 Å². The molecule has 0 unspecified atom stereocenters. The number of hydrogen-bond donors (Lipinski definition) is 1. The highest BCUT2D eigenvalue weighted by Gasteiger charge is 2.45. The number of carbonyl (C=O) groups is 2. The maximum atomic E-state index is 14.1. The highest BCUT2D eigenvalue weighted by molar-refractivity contribution is 7.92. The second kappa shape index (κ2) is 10.1. The summed E-state index contributed by atoms with van der Waals surface area (Å²) in [7, 11) is -3.01. The Labute approximate surface area is 216 Å². The molecule has 2 aliphatic heterocycles. The summed E-state index contributed by atoms with van der Waals surface area (Å²) in [6, 6.07) is 6.72. The molecule has 1 N–H and O–H groups in total. The number of halogens is 1. The van der Waals surface area contributed by atoms with Gasteiger partial charge in [-0.25, -0.2) is 17.6 Å². The number of esters is 1. The zero-order chi connectivity index (χ0) is 26.3. The third-order valence-electron chi connectivity index (χ3n) is 7.71. The minimum atomic E-state index is -4.23. The quantitative estimate of drug-likeness (QED) is 0.493. The standard InChI is InChI=1S/C27H31FN2O6S/c1-3-30-11-10-17(14-30)23(31)8-4-16-12-19(28)5-9-24(16)37(33,34)29-22-7-6-20-21-13-18(21)15-36-26(20)25(22)27(32)35-2/h5-7,9,12,17-18,21,29H,3-4,8,10-11,13-15H2,1-2H3/t17-,18-,21-/m0/s1. The summed E-state index contributed by atoms with van der Waals surface area (Å²) in [5.74, 6) is -0.284. The van der Waals surface area contributed by atoms with E-state index in [9.17, 15) is 22.4 Å². The Hall–Kier alpha value is -2.98. The third kappa shape index (κ3) is 5.09. The zero-order valence-corrected chi connectivity index (χ0v) is 21.8. The number of benzene rings is 2. The van der Waals surface area contributed by atoms with Crippen molar-refractivity contribution in [2.45, 2.75) is 43.4 Å². The van der Waals surface area contributed by atoms with Crippen molar-refractivity contribution in [1.29, 1.82) is 0 Å². The molecule has 37 heavy (non-hydrogen) atoms. The molecule has 10 heteroatoms. The van der Waals surface area contributed by atoms with Crippen molar-refractivity contribution >= 4 is 27.5 Å². The summed E-state index contributed by atoms with van der Waals surface area (Å²) in [4.78, 5) is 27.5. The number of nitrogens with zero attached hydrogens (tertiary/aromatic N) is 1. The van der Waals surface area contributed by atoms with Gasteiger partial charge in [0.1, 0.15) is 22.9 Å². The number of ether oxygens (including phenoxy) is 2. The molecular formula is C27H31FN2O6S. The van der Waals surface area contributed by atoms with Crippen LogP contribution in [0.25, 0.3) is 0 Å². The highest BCUT2D eigenvalue weighted by Crippen LogP contribution is 2.55. The normalized spacial score (nSPS) is 22.5. The molecular weight excluding hydrogens is 499 g/mol. The summed E-state index contributed by atoms with van der Waals surface area (Å²) >= 11 is 0. The van der Waals surface area contributed by atoms with Crippen LogP contribution in [0.5, 0.6) is 5.75 Å². The van der Waals surface area contributed by atoms with E-state index in [-0.39, 0.29) is 46.3 Å². The Kier molecular flexibility index (Phi) is 6.97. The Morgan fingerprint density at radius 3 is 2.78 bits per heavy atom. The molecule has 2 aromatic carbocycles. The molecule has 0 amide bonds. The lowest BCUT2D eigenvalue weighted by atomic mass is 9.97. The summed E-state index contributed by atoms with van der Waals surface area (Å²) in [6.07, 6.45) is 1.96. The predicted molar refractivity (Wildman–Crippen MR) is 135 cm³/mol. The van der Waals surface area contributed by atoms with Crippen molar-refractivity contribution in [2.75, 3.05) is 38.1 Å². The number of carbonyl (C=O) groups excluding carboxylic acids is 2. The Bertz CT molecular complexity index is 1340. The lowest BCUT2D eigenvalue weighted by Crippen LogP contribution is -2.23. The van der Waals surface area contributed by atoms with E-state index in [1.165, 1.54) is 13.2 Å². The van der Waals surface area contributed by atoms with Gasteiger partial charge < -0.3 is 14.4 Å². The molecule has 3 atom stereocenters. The van der Waals surface area contributed by atoms with Gasteiger partial charge in [0.05, 0.1) is 24.3 Å². The van der Waals surface area contributed by atoms with Gasteiger partial charge in [0.25, 0.3) is 10.0 Å². The number of sulfonamides is 1. The molecule has 5 rings (SSSR count). The van der Waals surface area contributed by atoms with E-state index in [0.29, 0.717) is 30.7 Å². The van der Waals surface area contributed by atoms with Gasteiger partial charge in [-0.05, 0) is 73.7 Å². The number of hydrogen-bond acceptors (Lipinski definition) is 7. The van der Waals surface area contributed by atoms with Crippen molar-refractivity contribution in [1.82, 2.24) is 4.90 Å². The summed E-state index contributed by atoms with van der Waals surface area (Å²) in [6.45, 7) is 4.95. The fourth-order valence-corrected chi connectivity index (χ4v) is 6.81. The van der Waals surface area contributed by atoms with E-state index in [4.69, 9.17) is 9.47 Å².